The second-order valence-corrected chi connectivity index (χ2v) is 6.74. The summed E-state index contributed by atoms with van der Waals surface area (Å²) in [5, 5.41) is 13.1. The fraction of sp³-hybridized carbons (Fsp3) is 0.611. The van der Waals surface area contributed by atoms with Crippen LogP contribution in [0.15, 0.2) is 24.3 Å². The minimum Gasteiger partial charge on any atom is -0.392 e. The Morgan fingerprint density at radius 2 is 2.00 bits per heavy atom. The van der Waals surface area contributed by atoms with E-state index < -0.39 is 0 Å². The second-order valence-electron chi connectivity index (χ2n) is 6.74. The van der Waals surface area contributed by atoms with Gasteiger partial charge in [0.25, 0.3) is 0 Å². The highest BCUT2D eigenvalue weighted by Crippen LogP contribution is 2.24. The van der Waals surface area contributed by atoms with Gasteiger partial charge in [0, 0.05) is 12.2 Å². The Labute approximate surface area is 133 Å². The number of piperidine rings is 1. The molecule has 0 saturated carbocycles. The van der Waals surface area contributed by atoms with E-state index in [1.807, 2.05) is 25.1 Å². The molecule has 0 radical (unpaired) electrons. The number of rotatable bonds is 4. The lowest BCUT2D eigenvalue weighted by molar-refractivity contribution is -0.122. The van der Waals surface area contributed by atoms with Gasteiger partial charge in [0.15, 0.2) is 0 Å². The van der Waals surface area contributed by atoms with E-state index in [1.165, 1.54) is 0 Å². The van der Waals surface area contributed by atoms with Crippen molar-refractivity contribution < 1.29 is 9.90 Å². The summed E-state index contributed by atoms with van der Waals surface area (Å²) in [7, 11) is 0. The minimum absolute atomic E-state index is 0.00477. The van der Waals surface area contributed by atoms with Crippen molar-refractivity contribution in [3.8, 4) is 0 Å². The Kier molecular flexibility index (Phi) is 5.59. The number of aliphatic hydroxyl groups excluding tert-OH is 1. The summed E-state index contributed by atoms with van der Waals surface area (Å²) in [5.41, 5.74) is 2.04. The van der Waals surface area contributed by atoms with Crippen LogP contribution < -0.4 is 5.32 Å². The molecule has 4 heteroatoms. The van der Waals surface area contributed by atoms with Crippen LogP contribution in [0.2, 0.25) is 0 Å². The fourth-order valence-corrected chi connectivity index (χ4v) is 2.94. The van der Waals surface area contributed by atoms with Gasteiger partial charge in [-0.15, -0.1) is 0 Å². The summed E-state index contributed by atoms with van der Waals surface area (Å²) in [6.07, 6.45) is 0.591. The van der Waals surface area contributed by atoms with Gasteiger partial charge in [-0.05, 0) is 43.4 Å². The number of hydrogen-bond donors (Lipinski definition) is 2. The van der Waals surface area contributed by atoms with Crippen molar-refractivity contribution in [1.29, 1.82) is 0 Å². The lowest BCUT2D eigenvalue weighted by Crippen LogP contribution is -2.50. The molecule has 3 atom stereocenters. The number of aliphatic hydroxyl groups is 1. The fourth-order valence-electron chi connectivity index (χ4n) is 2.94. The predicted molar refractivity (Wildman–Crippen MR) is 90.0 cm³/mol. The third kappa shape index (κ3) is 3.87. The van der Waals surface area contributed by atoms with Crippen LogP contribution in [0.25, 0.3) is 0 Å². The van der Waals surface area contributed by atoms with E-state index in [4.69, 9.17) is 0 Å². The smallest absolute Gasteiger partial charge is 0.241 e. The molecule has 0 spiro atoms. The molecule has 1 aliphatic rings. The van der Waals surface area contributed by atoms with Crippen molar-refractivity contribution in [3.63, 3.8) is 0 Å². The van der Waals surface area contributed by atoms with E-state index >= 15 is 0 Å². The van der Waals surface area contributed by atoms with Crippen molar-refractivity contribution in [2.75, 3.05) is 18.4 Å². The van der Waals surface area contributed by atoms with E-state index in [1.54, 1.807) is 0 Å². The molecule has 3 unspecified atom stereocenters. The summed E-state index contributed by atoms with van der Waals surface area (Å²) in [6, 6.07) is 7.71. The molecule has 1 fully saturated rings. The molecule has 4 nitrogen and oxygen atoms in total. The molecule has 1 heterocycles. The summed E-state index contributed by atoms with van der Waals surface area (Å²) < 4.78 is 0. The van der Waals surface area contributed by atoms with Crippen LogP contribution in [-0.2, 0) is 4.79 Å². The molecule has 1 aromatic rings. The van der Waals surface area contributed by atoms with Crippen LogP contribution in [0, 0.1) is 5.92 Å². The predicted octanol–water partition coefficient (Wildman–Crippen LogP) is 2.84. The number of para-hydroxylation sites is 1. The lowest BCUT2D eigenvalue weighted by Gasteiger charge is -2.37. The molecule has 0 bridgehead atoms. The van der Waals surface area contributed by atoms with Crippen molar-refractivity contribution in [3.05, 3.63) is 29.8 Å². The van der Waals surface area contributed by atoms with Crippen LogP contribution in [-0.4, -0.2) is 41.1 Å². The number of benzene rings is 1. The number of carbonyl (C=O) groups is 1. The van der Waals surface area contributed by atoms with Gasteiger partial charge in [-0.3, -0.25) is 9.69 Å². The number of nitrogens with zero attached hydrogens (tertiary/aromatic N) is 1. The summed E-state index contributed by atoms with van der Waals surface area (Å²) in [4.78, 5) is 14.6. The van der Waals surface area contributed by atoms with E-state index in [0.717, 1.165) is 24.2 Å². The second kappa shape index (κ2) is 7.25. The third-order valence-corrected chi connectivity index (χ3v) is 4.72. The van der Waals surface area contributed by atoms with Gasteiger partial charge < -0.3 is 10.4 Å². The topological polar surface area (TPSA) is 52.6 Å². The highest BCUT2D eigenvalue weighted by molar-refractivity contribution is 5.95. The maximum Gasteiger partial charge on any atom is 0.241 e. The van der Waals surface area contributed by atoms with Gasteiger partial charge in [-0.1, -0.05) is 39.0 Å². The molecule has 22 heavy (non-hydrogen) atoms. The normalized spacial score (nSPS) is 24.3. The summed E-state index contributed by atoms with van der Waals surface area (Å²) >= 11 is 0. The molecule has 0 aromatic heterocycles. The monoisotopic (exact) mass is 304 g/mol. The quantitative estimate of drug-likeness (QED) is 0.899. The summed E-state index contributed by atoms with van der Waals surface area (Å²) in [5.74, 6) is 0.674. The Morgan fingerprint density at radius 1 is 1.32 bits per heavy atom. The Hall–Kier alpha value is -1.39. The molecule has 2 N–H and O–H groups in total. The third-order valence-electron chi connectivity index (χ3n) is 4.72. The molecule has 1 aromatic carbocycles. The van der Waals surface area contributed by atoms with E-state index in [0.29, 0.717) is 18.4 Å². The Morgan fingerprint density at radius 3 is 2.64 bits per heavy atom. The van der Waals surface area contributed by atoms with Gasteiger partial charge in [-0.2, -0.15) is 0 Å². The molecule has 1 saturated heterocycles. The van der Waals surface area contributed by atoms with E-state index in [9.17, 15) is 9.90 Å². The molecule has 2 rings (SSSR count). The average molecular weight is 304 g/mol. The number of carbonyl (C=O) groups excluding carboxylic acids is 1. The Bertz CT molecular complexity index is 516. The molecular formula is C18H28N2O2. The minimum atomic E-state index is -0.341. The first-order valence-corrected chi connectivity index (χ1v) is 8.22. The first kappa shape index (κ1) is 17.0. The van der Waals surface area contributed by atoms with Crippen molar-refractivity contribution >= 4 is 11.6 Å². The zero-order valence-corrected chi connectivity index (χ0v) is 14.0. The van der Waals surface area contributed by atoms with Crippen molar-refractivity contribution in [1.82, 2.24) is 4.90 Å². The zero-order valence-electron chi connectivity index (χ0n) is 14.0. The first-order valence-electron chi connectivity index (χ1n) is 8.22. The largest absolute Gasteiger partial charge is 0.392 e. The molecule has 1 amide bonds. The van der Waals surface area contributed by atoms with Gasteiger partial charge in [-0.25, -0.2) is 0 Å². The molecule has 122 valence electrons. The summed E-state index contributed by atoms with van der Waals surface area (Å²) in [6.45, 7) is 9.65. The zero-order chi connectivity index (χ0) is 16.3. The maximum atomic E-state index is 12.5. The number of hydrogen-bond acceptors (Lipinski definition) is 3. The average Bonchev–Trinajstić information content (AvgIpc) is 2.49. The van der Waals surface area contributed by atoms with Crippen LogP contribution in [0.5, 0.6) is 0 Å². The highest BCUT2D eigenvalue weighted by Gasteiger charge is 2.30. The van der Waals surface area contributed by atoms with Crippen LogP contribution >= 0.6 is 0 Å². The maximum absolute atomic E-state index is 12.5. The van der Waals surface area contributed by atoms with Crippen LogP contribution in [0.1, 0.15) is 45.6 Å². The van der Waals surface area contributed by atoms with Gasteiger partial charge in [0.05, 0.1) is 12.1 Å². The van der Waals surface area contributed by atoms with Gasteiger partial charge in [0.2, 0.25) is 5.91 Å². The number of nitrogens with one attached hydrogen (secondary N) is 1. The van der Waals surface area contributed by atoms with Crippen LogP contribution in [0.4, 0.5) is 5.69 Å². The number of amides is 1. The SMILES string of the molecule is CC(C)c1ccccc1NC(=O)C(C)N1CCC(C)C(O)C1. The molecular weight excluding hydrogens is 276 g/mol. The molecule has 1 aliphatic heterocycles. The molecule has 0 aliphatic carbocycles. The van der Waals surface area contributed by atoms with Crippen LogP contribution in [0.3, 0.4) is 0 Å². The standard InChI is InChI=1S/C18H28N2O2/c1-12(2)15-7-5-6-8-16(15)19-18(22)14(4)20-10-9-13(3)17(21)11-20/h5-8,12-14,17,21H,9-11H2,1-4H3,(H,19,22). The highest BCUT2D eigenvalue weighted by atomic mass is 16.3. The Balaban J connectivity index is 2.03. The van der Waals surface area contributed by atoms with Gasteiger partial charge in [0.1, 0.15) is 0 Å². The number of anilines is 1. The van der Waals surface area contributed by atoms with E-state index in [-0.39, 0.29) is 18.1 Å². The van der Waals surface area contributed by atoms with Gasteiger partial charge >= 0.3 is 0 Å². The first-order chi connectivity index (χ1) is 10.4. The number of likely N-dealkylation sites (tertiary alicyclic amines) is 1. The number of β-amino-alcohol motifs (C(OH)–C–C–N with tert-alkyl or cyclic N) is 1. The van der Waals surface area contributed by atoms with Crippen molar-refractivity contribution in [2.24, 2.45) is 5.92 Å². The lowest BCUT2D eigenvalue weighted by atomic mass is 9.95. The van der Waals surface area contributed by atoms with E-state index in [2.05, 4.69) is 37.1 Å². The van der Waals surface area contributed by atoms with Crippen molar-refractivity contribution in [2.45, 2.75) is 52.2 Å².